The molecule has 28 heavy (non-hydrogen) atoms. The highest BCUT2D eigenvalue weighted by atomic mass is 16.5. The third-order valence-electron chi connectivity index (χ3n) is 4.34. The van der Waals surface area contributed by atoms with Gasteiger partial charge in [-0.05, 0) is 43.3 Å². The highest BCUT2D eigenvalue weighted by Gasteiger charge is 2.13. The fourth-order valence-electron chi connectivity index (χ4n) is 2.78. The smallest absolute Gasteiger partial charge is 0.283 e. The molecule has 1 amide bonds. The molecule has 8 nitrogen and oxygen atoms in total. The van der Waals surface area contributed by atoms with Crippen molar-refractivity contribution in [3.8, 4) is 11.4 Å². The number of nitrogens with one attached hydrogen (secondary N) is 1. The summed E-state index contributed by atoms with van der Waals surface area (Å²) in [6.07, 6.45) is 2.72. The Kier molecular flexibility index (Phi) is 4.36. The highest BCUT2D eigenvalue weighted by Crippen LogP contribution is 2.14. The van der Waals surface area contributed by atoms with E-state index >= 15 is 0 Å². The molecule has 4 rings (SSSR count). The standard InChI is InChI=1S/C20H17N5O3/c1-13-3-7-15(8-4-13)25-18-17(11-22-25)20(27)24(12-21-18)23-19(26)14-5-9-16(28-2)10-6-14/h3-12H,1-2H3,(H,23,26). The Bertz CT molecular complexity index is 1210. The SMILES string of the molecule is COc1ccc(C(=O)Nn2cnc3c(cnn3-c3ccc(C)cc3)c2=O)cc1. The molecule has 0 saturated heterocycles. The van der Waals surface area contributed by atoms with Gasteiger partial charge in [0.2, 0.25) is 0 Å². The van der Waals surface area contributed by atoms with Crippen LogP contribution < -0.4 is 15.7 Å². The summed E-state index contributed by atoms with van der Waals surface area (Å²) < 4.78 is 7.71. The molecule has 0 fully saturated rings. The molecule has 140 valence electrons. The van der Waals surface area contributed by atoms with Gasteiger partial charge in [-0.2, -0.15) is 5.10 Å². The maximum atomic E-state index is 12.7. The van der Waals surface area contributed by atoms with Crippen LogP contribution in [0.15, 0.2) is 65.8 Å². The van der Waals surface area contributed by atoms with Crippen LogP contribution in [0.1, 0.15) is 15.9 Å². The first-order valence-corrected chi connectivity index (χ1v) is 8.54. The van der Waals surface area contributed by atoms with Gasteiger partial charge in [0.15, 0.2) is 5.65 Å². The highest BCUT2D eigenvalue weighted by molar-refractivity contribution is 6.00. The molecule has 0 aliphatic rings. The largest absolute Gasteiger partial charge is 0.497 e. The average molecular weight is 375 g/mol. The Hall–Kier alpha value is -3.94. The average Bonchev–Trinajstić information content (AvgIpc) is 3.15. The molecule has 2 heterocycles. The quantitative estimate of drug-likeness (QED) is 0.591. The van der Waals surface area contributed by atoms with Crippen molar-refractivity contribution >= 4 is 16.9 Å². The van der Waals surface area contributed by atoms with E-state index in [2.05, 4.69) is 15.5 Å². The summed E-state index contributed by atoms with van der Waals surface area (Å²) in [5.74, 6) is 0.206. The molecule has 0 unspecified atom stereocenters. The zero-order valence-corrected chi connectivity index (χ0v) is 15.3. The van der Waals surface area contributed by atoms with Crippen LogP contribution in [0.3, 0.4) is 0 Å². The second-order valence-corrected chi connectivity index (χ2v) is 6.22. The molecule has 2 aromatic heterocycles. The summed E-state index contributed by atoms with van der Waals surface area (Å²) in [7, 11) is 1.55. The van der Waals surface area contributed by atoms with Gasteiger partial charge in [-0.15, -0.1) is 0 Å². The lowest BCUT2D eigenvalue weighted by atomic mass is 10.2. The maximum absolute atomic E-state index is 12.7. The summed E-state index contributed by atoms with van der Waals surface area (Å²) in [5, 5.41) is 4.57. The number of amides is 1. The van der Waals surface area contributed by atoms with E-state index in [-0.39, 0.29) is 0 Å². The van der Waals surface area contributed by atoms with Gasteiger partial charge in [-0.3, -0.25) is 15.0 Å². The first kappa shape index (κ1) is 17.5. The molecular formula is C20H17N5O3. The number of fused-ring (bicyclic) bond motifs is 1. The Morgan fingerprint density at radius 1 is 1.07 bits per heavy atom. The lowest BCUT2D eigenvalue weighted by Gasteiger charge is -2.08. The monoisotopic (exact) mass is 375 g/mol. The molecule has 0 aliphatic carbocycles. The van der Waals surface area contributed by atoms with Crippen LogP contribution in [0, 0.1) is 6.92 Å². The molecule has 0 saturated carbocycles. The van der Waals surface area contributed by atoms with Crippen LogP contribution >= 0.6 is 0 Å². The first-order chi connectivity index (χ1) is 13.6. The number of hydrogen-bond acceptors (Lipinski definition) is 5. The number of methoxy groups -OCH3 is 1. The Labute approximate surface area is 160 Å². The summed E-state index contributed by atoms with van der Waals surface area (Å²) in [4.78, 5) is 29.4. The zero-order valence-electron chi connectivity index (χ0n) is 15.3. The van der Waals surface area contributed by atoms with E-state index in [0.29, 0.717) is 22.3 Å². The summed E-state index contributed by atoms with van der Waals surface area (Å²) in [6, 6.07) is 14.3. The fourth-order valence-corrected chi connectivity index (χ4v) is 2.78. The molecule has 0 bridgehead atoms. The molecule has 2 aromatic carbocycles. The van der Waals surface area contributed by atoms with Crippen molar-refractivity contribution in [3.63, 3.8) is 0 Å². The van der Waals surface area contributed by atoms with Gasteiger partial charge < -0.3 is 4.74 Å². The fraction of sp³-hybridized carbons (Fsp3) is 0.100. The van der Waals surface area contributed by atoms with Gasteiger partial charge >= 0.3 is 0 Å². The predicted octanol–water partition coefficient (Wildman–Crippen LogP) is 2.28. The van der Waals surface area contributed by atoms with Crippen LogP contribution in [0.25, 0.3) is 16.7 Å². The summed E-state index contributed by atoms with van der Waals surface area (Å²) >= 11 is 0. The van der Waals surface area contributed by atoms with Gasteiger partial charge in [0.05, 0.1) is 19.0 Å². The number of aromatic nitrogens is 4. The van der Waals surface area contributed by atoms with Crippen molar-refractivity contribution < 1.29 is 9.53 Å². The van der Waals surface area contributed by atoms with E-state index in [1.54, 1.807) is 36.1 Å². The van der Waals surface area contributed by atoms with Gasteiger partial charge in [0.25, 0.3) is 11.5 Å². The number of nitrogens with zero attached hydrogens (tertiary/aromatic N) is 4. The number of aryl methyl sites for hydroxylation is 1. The lowest BCUT2D eigenvalue weighted by molar-refractivity contribution is 0.101. The first-order valence-electron chi connectivity index (χ1n) is 8.54. The summed E-state index contributed by atoms with van der Waals surface area (Å²) in [6.45, 7) is 1.99. The van der Waals surface area contributed by atoms with Gasteiger partial charge in [0.1, 0.15) is 17.5 Å². The molecule has 0 atom stereocenters. The molecule has 0 spiro atoms. The van der Waals surface area contributed by atoms with Crippen LogP contribution in [-0.2, 0) is 0 Å². The van der Waals surface area contributed by atoms with Crippen LogP contribution in [0.4, 0.5) is 0 Å². The number of carbonyl (C=O) groups excluding carboxylic acids is 1. The number of rotatable bonds is 4. The lowest BCUT2D eigenvalue weighted by Crippen LogP contribution is -2.33. The van der Waals surface area contributed by atoms with Gasteiger partial charge in [-0.1, -0.05) is 17.7 Å². The predicted molar refractivity (Wildman–Crippen MR) is 105 cm³/mol. The van der Waals surface area contributed by atoms with Crippen molar-refractivity contribution in [1.29, 1.82) is 0 Å². The van der Waals surface area contributed by atoms with E-state index in [1.807, 2.05) is 31.2 Å². The topological polar surface area (TPSA) is 91.0 Å². The third-order valence-corrected chi connectivity index (χ3v) is 4.34. The molecule has 8 heteroatoms. The molecule has 1 N–H and O–H groups in total. The second-order valence-electron chi connectivity index (χ2n) is 6.22. The van der Waals surface area contributed by atoms with Crippen molar-refractivity contribution in [2.45, 2.75) is 6.92 Å². The molecule has 0 radical (unpaired) electrons. The van der Waals surface area contributed by atoms with E-state index in [9.17, 15) is 9.59 Å². The Balaban J connectivity index is 1.65. The van der Waals surface area contributed by atoms with E-state index < -0.39 is 11.5 Å². The van der Waals surface area contributed by atoms with Crippen LogP contribution in [0.2, 0.25) is 0 Å². The van der Waals surface area contributed by atoms with E-state index in [4.69, 9.17) is 4.74 Å². The second kappa shape index (κ2) is 6.99. The number of carbonyl (C=O) groups is 1. The number of hydrogen-bond donors (Lipinski definition) is 1. The van der Waals surface area contributed by atoms with E-state index in [1.165, 1.54) is 12.5 Å². The van der Waals surface area contributed by atoms with E-state index in [0.717, 1.165) is 15.9 Å². The van der Waals surface area contributed by atoms with Crippen molar-refractivity contribution in [2.75, 3.05) is 12.5 Å². The molecular weight excluding hydrogens is 358 g/mol. The Morgan fingerprint density at radius 2 is 1.79 bits per heavy atom. The van der Waals surface area contributed by atoms with Crippen molar-refractivity contribution in [2.24, 2.45) is 0 Å². The minimum Gasteiger partial charge on any atom is -0.497 e. The minimum atomic E-state index is -0.433. The number of ether oxygens (including phenoxy) is 1. The number of benzene rings is 2. The minimum absolute atomic E-state index is 0.304. The molecule has 0 aliphatic heterocycles. The van der Waals surface area contributed by atoms with Gasteiger partial charge in [0, 0.05) is 5.56 Å². The Morgan fingerprint density at radius 3 is 2.46 bits per heavy atom. The third kappa shape index (κ3) is 3.11. The van der Waals surface area contributed by atoms with Crippen LogP contribution in [-0.4, -0.2) is 32.5 Å². The maximum Gasteiger partial charge on any atom is 0.283 e. The van der Waals surface area contributed by atoms with Crippen molar-refractivity contribution in [1.82, 2.24) is 19.4 Å². The summed E-state index contributed by atoms with van der Waals surface area (Å²) in [5.41, 5.74) is 4.86. The normalized spacial score (nSPS) is 10.8. The van der Waals surface area contributed by atoms with Crippen LogP contribution in [0.5, 0.6) is 5.75 Å². The van der Waals surface area contributed by atoms with Gasteiger partial charge in [-0.25, -0.2) is 14.3 Å². The van der Waals surface area contributed by atoms with Crippen molar-refractivity contribution in [3.05, 3.63) is 82.5 Å². The zero-order chi connectivity index (χ0) is 19.7. The molecule has 4 aromatic rings.